The number of nitrogens with two attached hydrogens (primary N) is 2. The average molecular weight is 398 g/mol. The summed E-state index contributed by atoms with van der Waals surface area (Å²) in [6, 6.07) is 2.06. The summed E-state index contributed by atoms with van der Waals surface area (Å²) in [5.41, 5.74) is 11.7. The van der Waals surface area contributed by atoms with Crippen molar-refractivity contribution in [2.24, 2.45) is 23.3 Å². The Morgan fingerprint density at radius 1 is 1.14 bits per heavy atom. The van der Waals surface area contributed by atoms with Crippen molar-refractivity contribution in [1.82, 2.24) is 16.0 Å². The second-order valence-corrected chi connectivity index (χ2v) is 9.53. The minimum absolute atomic E-state index is 0.236. The molecule has 1 aliphatic heterocycles. The molecule has 0 bridgehead atoms. The fraction of sp³-hybridized carbons (Fsp3) is 1.00. The maximum atomic E-state index is 9.71. The van der Waals surface area contributed by atoms with Crippen molar-refractivity contribution in [2.75, 3.05) is 19.7 Å². The summed E-state index contributed by atoms with van der Waals surface area (Å²) < 4.78 is 5.98. The van der Waals surface area contributed by atoms with Crippen molar-refractivity contribution >= 4 is 0 Å². The summed E-state index contributed by atoms with van der Waals surface area (Å²) in [4.78, 5) is 0. The number of hydrogen-bond acceptors (Lipinski definition) is 7. The third-order valence-corrected chi connectivity index (χ3v) is 6.69. The lowest BCUT2D eigenvalue weighted by Gasteiger charge is -2.47. The molecule has 3 fully saturated rings. The van der Waals surface area contributed by atoms with Gasteiger partial charge in [0.15, 0.2) is 0 Å². The summed E-state index contributed by atoms with van der Waals surface area (Å²) in [6.07, 6.45) is 8.26. The number of hydrogen-bond donors (Lipinski definition) is 6. The van der Waals surface area contributed by atoms with E-state index in [0.29, 0.717) is 49.2 Å². The highest BCUT2D eigenvalue weighted by atomic mass is 16.5. The highest BCUT2D eigenvalue weighted by Crippen LogP contribution is 2.34. The lowest BCUT2D eigenvalue weighted by Crippen LogP contribution is -2.67. The van der Waals surface area contributed by atoms with Gasteiger partial charge in [0.2, 0.25) is 0 Å². The Balaban J connectivity index is 1.61. The van der Waals surface area contributed by atoms with Gasteiger partial charge >= 0.3 is 0 Å². The van der Waals surface area contributed by atoms with Gasteiger partial charge in [0.05, 0.1) is 25.0 Å². The summed E-state index contributed by atoms with van der Waals surface area (Å²) in [6.45, 7) is 5.72. The molecule has 8 N–H and O–H groups in total. The van der Waals surface area contributed by atoms with Crippen LogP contribution < -0.4 is 27.4 Å². The number of aliphatic hydroxyl groups excluding tert-OH is 1. The van der Waals surface area contributed by atoms with Crippen LogP contribution in [-0.4, -0.2) is 67.3 Å². The number of nitrogens with one attached hydrogen (secondary N) is 3. The van der Waals surface area contributed by atoms with Gasteiger partial charge in [-0.05, 0) is 64.8 Å². The van der Waals surface area contributed by atoms with Crippen molar-refractivity contribution in [3.8, 4) is 0 Å². The van der Waals surface area contributed by atoms with Crippen LogP contribution in [0.1, 0.15) is 58.8 Å². The molecule has 2 aliphatic carbocycles. The van der Waals surface area contributed by atoms with Gasteiger partial charge in [0, 0.05) is 36.6 Å². The predicted octanol–water partition coefficient (Wildman–Crippen LogP) is 0.263. The highest BCUT2D eigenvalue weighted by molar-refractivity contribution is 5.00. The second kappa shape index (κ2) is 10.7. The van der Waals surface area contributed by atoms with Crippen molar-refractivity contribution in [1.29, 1.82) is 0 Å². The SMILES string of the molecule is CC(C)NC1NC(C2CCCC(OCC(O)CN)C2)CC(NC2CC2)C1CN. The van der Waals surface area contributed by atoms with E-state index in [-0.39, 0.29) is 18.8 Å². The van der Waals surface area contributed by atoms with Gasteiger partial charge in [0.25, 0.3) is 0 Å². The minimum atomic E-state index is -0.551. The molecule has 3 rings (SSSR count). The van der Waals surface area contributed by atoms with Crippen molar-refractivity contribution in [3.63, 3.8) is 0 Å². The standard InChI is InChI=1S/C21H43N5O2/c1-13(2)24-21-18(11-23)20(25-15-6-7-15)9-19(26-21)14-4-3-5-17(8-14)28-12-16(27)10-22/h13-21,24-27H,3-12,22-23H2,1-2H3. The summed E-state index contributed by atoms with van der Waals surface area (Å²) >= 11 is 0. The molecular formula is C21H43N5O2. The highest BCUT2D eigenvalue weighted by Gasteiger charge is 2.42. The van der Waals surface area contributed by atoms with E-state index in [4.69, 9.17) is 16.2 Å². The zero-order valence-corrected chi connectivity index (χ0v) is 17.8. The Bertz CT molecular complexity index is 448. The van der Waals surface area contributed by atoms with Gasteiger partial charge in [-0.15, -0.1) is 0 Å². The van der Waals surface area contributed by atoms with Crippen LogP contribution in [-0.2, 0) is 4.74 Å². The fourth-order valence-corrected chi connectivity index (χ4v) is 5.02. The molecule has 0 aromatic rings. The van der Waals surface area contributed by atoms with Crippen LogP contribution in [0.25, 0.3) is 0 Å². The molecule has 7 atom stereocenters. The Hall–Kier alpha value is -0.280. The number of aliphatic hydroxyl groups is 1. The summed E-state index contributed by atoms with van der Waals surface area (Å²) in [7, 11) is 0. The maximum absolute atomic E-state index is 9.71. The van der Waals surface area contributed by atoms with Gasteiger partial charge in [-0.2, -0.15) is 0 Å². The zero-order chi connectivity index (χ0) is 20.1. The van der Waals surface area contributed by atoms with E-state index in [0.717, 1.165) is 19.3 Å². The third kappa shape index (κ3) is 6.36. The second-order valence-electron chi connectivity index (χ2n) is 9.53. The lowest BCUT2D eigenvalue weighted by atomic mass is 9.75. The van der Waals surface area contributed by atoms with Crippen LogP contribution >= 0.6 is 0 Å². The molecule has 164 valence electrons. The van der Waals surface area contributed by atoms with Crippen LogP contribution in [0.3, 0.4) is 0 Å². The Morgan fingerprint density at radius 2 is 1.93 bits per heavy atom. The monoisotopic (exact) mass is 397 g/mol. The Labute approximate surface area is 170 Å². The molecule has 7 unspecified atom stereocenters. The van der Waals surface area contributed by atoms with Gasteiger partial charge in [-0.3, -0.25) is 10.6 Å². The first-order valence-electron chi connectivity index (χ1n) is 11.5. The third-order valence-electron chi connectivity index (χ3n) is 6.69. The smallest absolute Gasteiger partial charge is 0.0895 e. The normalized spacial score (nSPS) is 37.9. The topological polar surface area (TPSA) is 118 Å². The van der Waals surface area contributed by atoms with Crippen LogP contribution in [0.15, 0.2) is 0 Å². The van der Waals surface area contributed by atoms with E-state index in [1.807, 2.05) is 0 Å². The molecule has 2 saturated carbocycles. The molecule has 0 radical (unpaired) electrons. The first-order valence-corrected chi connectivity index (χ1v) is 11.5. The van der Waals surface area contributed by atoms with Crippen molar-refractivity contribution < 1.29 is 9.84 Å². The van der Waals surface area contributed by atoms with Gasteiger partial charge in [-0.25, -0.2) is 0 Å². The van der Waals surface area contributed by atoms with Gasteiger partial charge in [-0.1, -0.05) is 6.42 Å². The Kier molecular flexibility index (Phi) is 8.53. The molecule has 0 spiro atoms. The Morgan fingerprint density at radius 3 is 2.57 bits per heavy atom. The number of rotatable bonds is 10. The largest absolute Gasteiger partial charge is 0.389 e. The molecule has 0 aromatic heterocycles. The van der Waals surface area contributed by atoms with Crippen LogP contribution in [0.5, 0.6) is 0 Å². The van der Waals surface area contributed by atoms with Gasteiger partial charge < -0.3 is 26.6 Å². The first-order chi connectivity index (χ1) is 13.5. The molecule has 7 nitrogen and oxygen atoms in total. The maximum Gasteiger partial charge on any atom is 0.0895 e. The van der Waals surface area contributed by atoms with E-state index in [2.05, 4.69) is 29.8 Å². The lowest BCUT2D eigenvalue weighted by molar-refractivity contribution is -0.0373. The van der Waals surface area contributed by atoms with E-state index in [9.17, 15) is 5.11 Å². The number of piperidine rings is 1. The average Bonchev–Trinajstić information content (AvgIpc) is 3.49. The van der Waals surface area contributed by atoms with Crippen molar-refractivity contribution in [3.05, 3.63) is 0 Å². The molecule has 1 saturated heterocycles. The van der Waals surface area contributed by atoms with Crippen molar-refractivity contribution in [2.45, 2.75) is 101 Å². The molecule has 28 heavy (non-hydrogen) atoms. The fourth-order valence-electron chi connectivity index (χ4n) is 5.02. The van der Waals surface area contributed by atoms with E-state index in [1.165, 1.54) is 25.7 Å². The quantitative estimate of drug-likeness (QED) is 0.313. The molecule has 7 heteroatoms. The molecular weight excluding hydrogens is 354 g/mol. The van der Waals surface area contributed by atoms with E-state index < -0.39 is 6.10 Å². The first kappa shape index (κ1) is 22.4. The molecule has 0 aromatic carbocycles. The van der Waals surface area contributed by atoms with E-state index >= 15 is 0 Å². The summed E-state index contributed by atoms with van der Waals surface area (Å²) in [5, 5.41) is 21.2. The number of ether oxygens (including phenoxy) is 1. The van der Waals surface area contributed by atoms with Crippen LogP contribution in [0.2, 0.25) is 0 Å². The molecule has 3 aliphatic rings. The predicted molar refractivity (Wildman–Crippen MR) is 113 cm³/mol. The molecule has 1 heterocycles. The summed E-state index contributed by atoms with van der Waals surface area (Å²) in [5.74, 6) is 1.02. The molecule has 0 amide bonds. The van der Waals surface area contributed by atoms with Crippen LogP contribution in [0.4, 0.5) is 0 Å². The van der Waals surface area contributed by atoms with Crippen LogP contribution in [0, 0.1) is 11.8 Å². The van der Waals surface area contributed by atoms with Gasteiger partial charge in [0.1, 0.15) is 0 Å². The minimum Gasteiger partial charge on any atom is -0.389 e. The van der Waals surface area contributed by atoms with E-state index in [1.54, 1.807) is 0 Å². The zero-order valence-electron chi connectivity index (χ0n) is 17.8.